The molecule has 5 nitrogen and oxygen atoms in total. The van der Waals surface area contributed by atoms with E-state index in [-0.39, 0.29) is 23.8 Å². The third-order valence-corrected chi connectivity index (χ3v) is 2.20. The Balaban J connectivity index is 2.58. The summed E-state index contributed by atoms with van der Waals surface area (Å²) in [7, 11) is 0. The quantitative estimate of drug-likeness (QED) is 0.802. The Morgan fingerprint density at radius 2 is 2.25 bits per heavy atom. The van der Waals surface area contributed by atoms with Crippen LogP contribution < -0.4 is 5.73 Å². The summed E-state index contributed by atoms with van der Waals surface area (Å²) < 4.78 is 18.0. The van der Waals surface area contributed by atoms with Crippen molar-refractivity contribution in [2.24, 2.45) is 5.73 Å². The summed E-state index contributed by atoms with van der Waals surface area (Å²) in [6.07, 6.45) is 0. The Kier molecular flexibility index (Phi) is 2.57. The summed E-state index contributed by atoms with van der Waals surface area (Å²) in [5.41, 5.74) is 6.20. The number of phenolic OH excluding ortho intramolecular Hbond substituents is 1. The second-order valence-electron chi connectivity index (χ2n) is 3.30. The van der Waals surface area contributed by atoms with E-state index in [1.165, 1.54) is 12.1 Å². The molecule has 0 saturated carbocycles. The molecule has 0 saturated heterocycles. The number of hydrogen-bond donors (Lipinski definition) is 2. The van der Waals surface area contributed by atoms with Crippen molar-refractivity contribution in [3.63, 3.8) is 0 Å². The van der Waals surface area contributed by atoms with E-state index in [2.05, 4.69) is 10.1 Å². The Morgan fingerprint density at radius 3 is 2.88 bits per heavy atom. The van der Waals surface area contributed by atoms with Crippen molar-refractivity contribution in [1.29, 1.82) is 0 Å². The number of halogens is 1. The zero-order chi connectivity index (χ0) is 11.7. The summed E-state index contributed by atoms with van der Waals surface area (Å²) >= 11 is 0. The number of nitrogens with zero attached hydrogens (tertiary/aromatic N) is 2. The molecule has 1 aromatic heterocycles. The molecular formula is C10H10FN3O2. The van der Waals surface area contributed by atoms with Crippen LogP contribution in [0, 0.1) is 12.7 Å². The van der Waals surface area contributed by atoms with Gasteiger partial charge in [-0.25, -0.2) is 4.39 Å². The molecule has 0 unspecified atom stereocenters. The molecule has 0 aliphatic rings. The summed E-state index contributed by atoms with van der Waals surface area (Å²) in [5.74, 6) is -0.836. The lowest BCUT2D eigenvalue weighted by Crippen LogP contribution is -1.96. The molecule has 0 aliphatic carbocycles. The monoisotopic (exact) mass is 223 g/mol. The van der Waals surface area contributed by atoms with E-state index in [0.717, 1.165) is 0 Å². The van der Waals surface area contributed by atoms with Crippen LogP contribution in [0.5, 0.6) is 5.75 Å². The number of aryl methyl sites for hydroxylation is 1. The standard InChI is InChI=1S/C10H10FN3O2/c1-5-2-3-6(11)9(15)8(5)10-13-7(4-12)16-14-10/h2-3,15H,4,12H2,1H3. The Hall–Kier alpha value is -1.95. The zero-order valence-corrected chi connectivity index (χ0v) is 8.57. The van der Waals surface area contributed by atoms with Crippen LogP contribution in [0.4, 0.5) is 4.39 Å². The molecule has 0 atom stereocenters. The molecule has 0 spiro atoms. The minimum atomic E-state index is -0.723. The van der Waals surface area contributed by atoms with E-state index in [1.807, 2.05) is 0 Å². The molecule has 1 heterocycles. The summed E-state index contributed by atoms with van der Waals surface area (Å²) in [6.45, 7) is 1.81. The van der Waals surface area contributed by atoms with E-state index in [9.17, 15) is 9.50 Å². The molecule has 2 aromatic rings. The van der Waals surface area contributed by atoms with Crippen LogP contribution >= 0.6 is 0 Å². The van der Waals surface area contributed by atoms with Crippen molar-refractivity contribution in [3.8, 4) is 17.1 Å². The van der Waals surface area contributed by atoms with Crippen LogP contribution in [-0.2, 0) is 6.54 Å². The average Bonchev–Trinajstić information content (AvgIpc) is 2.73. The molecule has 0 bridgehead atoms. The lowest BCUT2D eigenvalue weighted by Gasteiger charge is -2.04. The lowest BCUT2D eigenvalue weighted by molar-refractivity contribution is 0.380. The number of hydrogen-bond acceptors (Lipinski definition) is 5. The van der Waals surface area contributed by atoms with E-state index in [4.69, 9.17) is 10.3 Å². The number of aromatic nitrogens is 2. The van der Waals surface area contributed by atoms with Gasteiger partial charge in [0.25, 0.3) is 0 Å². The molecule has 3 N–H and O–H groups in total. The van der Waals surface area contributed by atoms with Gasteiger partial charge in [-0.3, -0.25) is 0 Å². The first kappa shape index (κ1) is 10.6. The Morgan fingerprint density at radius 1 is 1.50 bits per heavy atom. The van der Waals surface area contributed by atoms with Gasteiger partial charge in [0.05, 0.1) is 12.1 Å². The highest BCUT2D eigenvalue weighted by Gasteiger charge is 2.17. The fourth-order valence-corrected chi connectivity index (χ4v) is 1.39. The summed E-state index contributed by atoms with van der Waals surface area (Å²) in [5, 5.41) is 13.2. The minimum Gasteiger partial charge on any atom is -0.504 e. The van der Waals surface area contributed by atoms with Gasteiger partial charge < -0.3 is 15.4 Å². The predicted octanol–water partition coefficient (Wildman–Crippen LogP) is 1.35. The first-order valence-electron chi connectivity index (χ1n) is 4.64. The van der Waals surface area contributed by atoms with E-state index < -0.39 is 11.6 Å². The van der Waals surface area contributed by atoms with Crippen LogP contribution in [0.15, 0.2) is 16.7 Å². The summed E-state index contributed by atoms with van der Waals surface area (Å²) in [4.78, 5) is 3.93. The topological polar surface area (TPSA) is 85.2 Å². The number of nitrogens with two attached hydrogens (primary N) is 1. The fourth-order valence-electron chi connectivity index (χ4n) is 1.39. The first-order chi connectivity index (χ1) is 7.63. The van der Waals surface area contributed by atoms with Crippen LogP contribution in [0.1, 0.15) is 11.5 Å². The number of benzene rings is 1. The van der Waals surface area contributed by atoms with Gasteiger partial charge in [0, 0.05) is 0 Å². The van der Waals surface area contributed by atoms with Gasteiger partial charge in [0.15, 0.2) is 11.6 Å². The molecule has 1 aromatic carbocycles. The van der Waals surface area contributed by atoms with Crippen LogP contribution in [0.3, 0.4) is 0 Å². The molecule has 0 aliphatic heterocycles. The number of aromatic hydroxyl groups is 1. The molecular weight excluding hydrogens is 213 g/mol. The van der Waals surface area contributed by atoms with Gasteiger partial charge in [0.2, 0.25) is 11.7 Å². The highest BCUT2D eigenvalue weighted by molar-refractivity contribution is 5.67. The first-order valence-corrected chi connectivity index (χ1v) is 4.64. The van der Waals surface area contributed by atoms with Crippen molar-refractivity contribution in [3.05, 3.63) is 29.4 Å². The molecule has 16 heavy (non-hydrogen) atoms. The lowest BCUT2D eigenvalue weighted by atomic mass is 10.1. The van der Waals surface area contributed by atoms with Crippen LogP contribution in [-0.4, -0.2) is 15.2 Å². The highest BCUT2D eigenvalue weighted by Crippen LogP contribution is 2.32. The Labute approximate surface area is 90.7 Å². The van der Waals surface area contributed by atoms with Gasteiger partial charge >= 0.3 is 0 Å². The fraction of sp³-hybridized carbons (Fsp3) is 0.200. The van der Waals surface area contributed by atoms with Crippen molar-refractivity contribution < 1.29 is 14.0 Å². The normalized spacial score (nSPS) is 10.7. The maximum atomic E-state index is 13.2. The van der Waals surface area contributed by atoms with Crippen molar-refractivity contribution in [1.82, 2.24) is 10.1 Å². The maximum Gasteiger partial charge on any atom is 0.240 e. The van der Waals surface area contributed by atoms with Crippen molar-refractivity contribution in [2.75, 3.05) is 0 Å². The minimum absolute atomic E-state index is 0.0993. The second-order valence-corrected chi connectivity index (χ2v) is 3.30. The third kappa shape index (κ3) is 1.63. The molecule has 0 radical (unpaired) electrons. The zero-order valence-electron chi connectivity index (χ0n) is 8.57. The predicted molar refractivity (Wildman–Crippen MR) is 54.0 cm³/mol. The number of rotatable bonds is 2. The SMILES string of the molecule is Cc1ccc(F)c(O)c1-c1noc(CN)n1. The van der Waals surface area contributed by atoms with Gasteiger partial charge in [-0.05, 0) is 18.6 Å². The number of phenols is 1. The van der Waals surface area contributed by atoms with Gasteiger partial charge in [-0.15, -0.1) is 0 Å². The molecule has 0 amide bonds. The highest BCUT2D eigenvalue weighted by atomic mass is 19.1. The Bertz CT molecular complexity index is 525. The van der Waals surface area contributed by atoms with Crippen molar-refractivity contribution in [2.45, 2.75) is 13.5 Å². The second kappa shape index (κ2) is 3.90. The van der Waals surface area contributed by atoms with E-state index in [0.29, 0.717) is 5.56 Å². The molecule has 2 rings (SSSR count). The van der Waals surface area contributed by atoms with Crippen molar-refractivity contribution >= 4 is 0 Å². The van der Waals surface area contributed by atoms with Crippen LogP contribution in [0.2, 0.25) is 0 Å². The maximum absolute atomic E-state index is 13.2. The van der Waals surface area contributed by atoms with E-state index in [1.54, 1.807) is 6.92 Å². The third-order valence-electron chi connectivity index (χ3n) is 2.20. The molecule has 84 valence electrons. The van der Waals surface area contributed by atoms with E-state index >= 15 is 0 Å². The molecule has 6 heteroatoms. The van der Waals surface area contributed by atoms with Gasteiger partial charge in [-0.1, -0.05) is 11.2 Å². The summed E-state index contributed by atoms with van der Waals surface area (Å²) in [6, 6.07) is 2.71. The smallest absolute Gasteiger partial charge is 0.240 e. The average molecular weight is 223 g/mol. The van der Waals surface area contributed by atoms with Gasteiger partial charge in [0.1, 0.15) is 0 Å². The van der Waals surface area contributed by atoms with Crippen LogP contribution in [0.25, 0.3) is 11.4 Å². The molecule has 0 fully saturated rings. The largest absolute Gasteiger partial charge is 0.504 e. The van der Waals surface area contributed by atoms with Gasteiger partial charge in [-0.2, -0.15) is 4.98 Å².